The summed E-state index contributed by atoms with van der Waals surface area (Å²) in [7, 11) is 0. The van der Waals surface area contributed by atoms with Gasteiger partial charge in [0.15, 0.2) is 0 Å². The summed E-state index contributed by atoms with van der Waals surface area (Å²) in [5.41, 5.74) is 9.83. The molecule has 10 rings (SSSR count). The zero-order valence-electron chi connectivity index (χ0n) is 26.5. The van der Waals surface area contributed by atoms with Crippen LogP contribution in [0.1, 0.15) is 0 Å². The maximum absolute atomic E-state index is 6.45. The molecule has 0 amide bonds. The van der Waals surface area contributed by atoms with Gasteiger partial charge in [0.2, 0.25) is 0 Å². The van der Waals surface area contributed by atoms with Crippen molar-refractivity contribution in [2.45, 2.75) is 0 Å². The second-order valence-corrected chi connectivity index (χ2v) is 13.6. The van der Waals surface area contributed by atoms with Crippen LogP contribution in [0.25, 0.3) is 75.1 Å². The van der Waals surface area contributed by atoms with Crippen LogP contribution in [0.15, 0.2) is 180 Å². The molecule has 0 bridgehead atoms. The first-order chi connectivity index (χ1) is 24.3. The number of thiophene rings is 1. The number of fused-ring (bicyclic) bond motifs is 7. The molecule has 0 aliphatic rings. The Bertz CT molecular complexity index is 2830. The Hall–Kier alpha value is -6.16. The molecule has 3 heteroatoms. The first-order valence-corrected chi connectivity index (χ1v) is 17.4. The van der Waals surface area contributed by atoms with E-state index in [0.29, 0.717) is 0 Å². The van der Waals surface area contributed by atoms with Crippen LogP contribution in [0.4, 0.5) is 17.1 Å². The third-order valence-corrected chi connectivity index (χ3v) is 10.9. The average molecular weight is 644 g/mol. The molecule has 0 atom stereocenters. The fraction of sp³-hybridized carbons (Fsp3) is 0. The predicted octanol–water partition coefficient (Wildman–Crippen LogP) is 13.9. The third-order valence-electron chi connectivity index (χ3n) is 9.66. The van der Waals surface area contributed by atoms with E-state index in [0.717, 1.165) is 33.3 Å². The minimum atomic E-state index is 0.876. The van der Waals surface area contributed by atoms with E-state index < -0.39 is 0 Å². The molecule has 0 saturated heterocycles. The molecular weight excluding hydrogens is 615 g/mol. The van der Waals surface area contributed by atoms with Crippen molar-refractivity contribution < 1.29 is 4.42 Å². The van der Waals surface area contributed by atoms with Crippen molar-refractivity contribution in [1.29, 1.82) is 0 Å². The lowest BCUT2D eigenvalue weighted by Gasteiger charge is -2.29. The number of anilines is 3. The largest absolute Gasteiger partial charge is 0.456 e. The van der Waals surface area contributed by atoms with Gasteiger partial charge in [0.05, 0.1) is 10.4 Å². The standard InChI is InChI=1S/C46H29NOS/c1-2-11-32(12-3-1)37-26-27-41-40-15-7-9-17-44(40)49-46(41)45(37)47(36-24-25-39-38-14-6-8-16-42(38)48-43(39)29-36)35-22-20-31(21-23-35)34-19-18-30-10-4-5-13-33(30)28-34/h1-29H. The van der Waals surface area contributed by atoms with Crippen LogP contribution < -0.4 is 4.90 Å². The summed E-state index contributed by atoms with van der Waals surface area (Å²) in [5.74, 6) is 0. The average Bonchev–Trinajstić information content (AvgIpc) is 3.74. The highest BCUT2D eigenvalue weighted by Crippen LogP contribution is 2.50. The molecule has 2 nitrogen and oxygen atoms in total. The molecule has 0 radical (unpaired) electrons. The molecule has 2 heterocycles. The van der Waals surface area contributed by atoms with Crippen molar-refractivity contribution in [2.24, 2.45) is 0 Å². The number of hydrogen-bond donors (Lipinski definition) is 0. The van der Waals surface area contributed by atoms with Gasteiger partial charge in [-0.05, 0) is 69.9 Å². The van der Waals surface area contributed by atoms with Gasteiger partial charge in [-0.15, -0.1) is 11.3 Å². The fourth-order valence-electron chi connectivity index (χ4n) is 7.28. The predicted molar refractivity (Wildman–Crippen MR) is 210 cm³/mol. The molecule has 0 spiro atoms. The molecule has 0 aliphatic carbocycles. The van der Waals surface area contributed by atoms with Crippen molar-refractivity contribution in [3.8, 4) is 22.3 Å². The van der Waals surface area contributed by atoms with Crippen LogP contribution in [-0.2, 0) is 0 Å². The highest BCUT2D eigenvalue weighted by molar-refractivity contribution is 7.26. The highest BCUT2D eigenvalue weighted by Gasteiger charge is 2.23. The molecule has 0 N–H and O–H groups in total. The Balaban J connectivity index is 1.23. The quantitative estimate of drug-likeness (QED) is 0.186. The second-order valence-electron chi connectivity index (χ2n) is 12.5. The molecule has 0 unspecified atom stereocenters. The number of benzene rings is 8. The second kappa shape index (κ2) is 11.2. The summed E-state index contributed by atoms with van der Waals surface area (Å²) in [6.45, 7) is 0. The van der Waals surface area contributed by atoms with Crippen molar-refractivity contribution in [1.82, 2.24) is 0 Å². The lowest BCUT2D eigenvalue weighted by molar-refractivity contribution is 0.669. The highest BCUT2D eigenvalue weighted by atomic mass is 32.1. The summed E-state index contributed by atoms with van der Waals surface area (Å²) in [6, 6.07) is 63.3. The van der Waals surface area contributed by atoms with Gasteiger partial charge in [0.1, 0.15) is 11.2 Å². The molecule has 230 valence electrons. The molecule has 0 saturated carbocycles. The van der Waals surface area contributed by atoms with Gasteiger partial charge in [0, 0.05) is 49.2 Å². The Morgan fingerprint density at radius 2 is 1.08 bits per heavy atom. The number of furan rings is 1. The Morgan fingerprint density at radius 3 is 1.96 bits per heavy atom. The van der Waals surface area contributed by atoms with Gasteiger partial charge in [-0.1, -0.05) is 127 Å². The SMILES string of the molecule is c1ccc(-c2ccc3c(sc4ccccc43)c2N(c2ccc(-c3ccc4ccccc4c3)cc2)c2ccc3c(c2)oc2ccccc23)cc1. The monoisotopic (exact) mass is 643 g/mol. The smallest absolute Gasteiger partial charge is 0.137 e. The summed E-state index contributed by atoms with van der Waals surface area (Å²) in [5, 5.41) is 7.29. The van der Waals surface area contributed by atoms with Crippen molar-refractivity contribution >= 4 is 81.3 Å². The van der Waals surface area contributed by atoms with E-state index in [-0.39, 0.29) is 0 Å². The molecule has 0 aliphatic heterocycles. The normalized spacial score (nSPS) is 11.7. The van der Waals surface area contributed by atoms with Gasteiger partial charge in [-0.25, -0.2) is 0 Å². The lowest BCUT2D eigenvalue weighted by Crippen LogP contribution is -2.11. The van der Waals surface area contributed by atoms with Crippen molar-refractivity contribution in [3.05, 3.63) is 176 Å². The van der Waals surface area contributed by atoms with Crippen LogP contribution >= 0.6 is 11.3 Å². The molecule has 10 aromatic rings. The molecule has 2 aromatic heterocycles. The zero-order valence-corrected chi connectivity index (χ0v) is 27.3. The molecular formula is C46H29NOS. The minimum absolute atomic E-state index is 0.876. The summed E-state index contributed by atoms with van der Waals surface area (Å²) in [4.78, 5) is 2.43. The van der Waals surface area contributed by atoms with E-state index in [1.807, 2.05) is 23.5 Å². The zero-order chi connectivity index (χ0) is 32.3. The van der Waals surface area contributed by atoms with Crippen LogP contribution in [-0.4, -0.2) is 0 Å². The Morgan fingerprint density at radius 1 is 0.408 bits per heavy atom. The van der Waals surface area contributed by atoms with E-state index in [1.165, 1.54) is 58.9 Å². The topological polar surface area (TPSA) is 16.4 Å². The van der Waals surface area contributed by atoms with Crippen molar-refractivity contribution in [2.75, 3.05) is 4.90 Å². The van der Waals surface area contributed by atoms with E-state index >= 15 is 0 Å². The number of nitrogens with zero attached hydrogens (tertiary/aromatic N) is 1. The van der Waals surface area contributed by atoms with Gasteiger partial charge >= 0.3 is 0 Å². The maximum atomic E-state index is 6.45. The fourth-order valence-corrected chi connectivity index (χ4v) is 8.52. The van der Waals surface area contributed by atoms with Crippen molar-refractivity contribution in [3.63, 3.8) is 0 Å². The Kier molecular flexibility index (Phi) is 6.39. The van der Waals surface area contributed by atoms with Crippen LogP contribution in [0, 0.1) is 0 Å². The number of hydrogen-bond acceptors (Lipinski definition) is 3. The van der Waals surface area contributed by atoms with Crippen LogP contribution in [0.2, 0.25) is 0 Å². The van der Waals surface area contributed by atoms with Gasteiger partial charge in [-0.3, -0.25) is 0 Å². The first kappa shape index (κ1) is 27.9. The Labute approximate surface area is 287 Å². The van der Waals surface area contributed by atoms with Crippen LogP contribution in [0.3, 0.4) is 0 Å². The molecule has 8 aromatic carbocycles. The molecule has 49 heavy (non-hydrogen) atoms. The van der Waals surface area contributed by atoms with Gasteiger partial charge in [0.25, 0.3) is 0 Å². The maximum Gasteiger partial charge on any atom is 0.137 e. The summed E-state index contributed by atoms with van der Waals surface area (Å²) in [6.07, 6.45) is 0. The van der Waals surface area contributed by atoms with E-state index in [4.69, 9.17) is 4.42 Å². The van der Waals surface area contributed by atoms with E-state index in [2.05, 4.69) is 169 Å². The first-order valence-electron chi connectivity index (χ1n) is 16.6. The minimum Gasteiger partial charge on any atom is -0.456 e. The lowest BCUT2D eigenvalue weighted by atomic mass is 9.98. The number of para-hydroxylation sites is 1. The van der Waals surface area contributed by atoms with Gasteiger partial charge in [-0.2, -0.15) is 0 Å². The summed E-state index contributed by atoms with van der Waals surface area (Å²) < 4.78 is 8.99. The number of rotatable bonds is 5. The van der Waals surface area contributed by atoms with Gasteiger partial charge < -0.3 is 9.32 Å². The molecule has 0 fully saturated rings. The third kappa shape index (κ3) is 4.62. The summed E-state index contributed by atoms with van der Waals surface area (Å²) >= 11 is 1.86. The van der Waals surface area contributed by atoms with E-state index in [9.17, 15) is 0 Å². The van der Waals surface area contributed by atoms with Crippen LogP contribution in [0.5, 0.6) is 0 Å². The van der Waals surface area contributed by atoms with E-state index in [1.54, 1.807) is 0 Å².